The van der Waals surface area contributed by atoms with Crippen molar-refractivity contribution in [3.8, 4) is 0 Å². The second kappa shape index (κ2) is 10.2. The lowest BCUT2D eigenvalue weighted by atomic mass is 10.1. The highest BCUT2D eigenvalue weighted by Crippen LogP contribution is 2.20. The molecular weight excluding hydrogens is 424 g/mol. The van der Waals surface area contributed by atoms with E-state index in [2.05, 4.69) is 40.0 Å². The largest absolute Gasteiger partial charge is 0.325 e. The molecule has 30 heavy (non-hydrogen) atoms. The first-order chi connectivity index (χ1) is 14.4. The number of hydrogen-bond donors (Lipinski definition) is 2. The number of hydrogen-bond acceptors (Lipinski definition) is 6. The summed E-state index contributed by atoms with van der Waals surface area (Å²) in [5.41, 5.74) is 1.39. The van der Waals surface area contributed by atoms with Crippen molar-refractivity contribution in [2.75, 3.05) is 16.4 Å². The van der Waals surface area contributed by atoms with E-state index in [0.717, 1.165) is 0 Å². The summed E-state index contributed by atoms with van der Waals surface area (Å²) >= 11 is 7.12. The summed E-state index contributed by atoms with van der Waals surface area (Å²) in [5.74, 6) is -0.0914. The molecule has 2 aromatic carbocycles. The Hall–Kier alpha value is -2.91. The van der Waals surface area contributed by atoms with Gasteiger partial charge in [-0.1, -0.05) is 49.3 Å². The van der Waals surface area contributed by atoms with Gasteiger partial charge < -0.3 is 10.6 Å². The van der Waals surface area contributed by atoms with Gasteiger partial charge in [-0.2, -0.15) is 0 Å². The molecule has 0 spiro atoms. The zero-order valence-corrected chi connectivity index (χ0v) is 18.1. The molecule has 3 rings (SSSR count). The molecule has 0 saturated heterocycles. The monoisotopic (exact) mass is 444 g/mol. The van der Waals surface area contributed by atoms with Gasteiger partial charge >= 0.3 is 0 Å². The van der Waals surface area contributed by atoms with E-state index in [1.54, 1.807) is 53.2 Å². The number of benzene rings is 2. The van der Waals surface area contributed by atoms with Crippen LogP contribution in [0.1, 0.15) is 24.2 Å². The molecule has 0 aliphatic carbocycles. The van der Waals surface area contributed by atoms with Gasteiger partial charge in [0.05, 0.1) is 17.0 Å². The molecule has 8 nitrogen and oxygen atoms in total. The van der Waals surface area contributed by atoms with E-state index in [4.69, 9.17) is 11.6 Å². The minimum absolute atomic E-state index is 0.117. The van der Waals surface area contributed by atoms with Crippen molar-refractivity contribution in [1.29, 1.82) is 0 Å². The number of rotatable bonds is 8. The van der Waals surface area contributed by atoms with Crippen molar-refractivity contribution in [3.05, 3.63) is 59.1 Å². The Morgan fingerprint density at radius 3 is 2.57 bits per heavy atom. The van der Waals surface area contributed by atoms with Crippen LogP contribution >= 0.6 is 23.4 Å². The van der Waals surface area contributed by atoms with Crippen LogP contribution in [0.5, 0.6) is 0 Å². The third-order valence-electron chi connectivity index (χ3n) is 3.92. The number of carbonyl (C=O) groups is 2. The number of para-hydroxylation sites is 1. The number of nitrogens with zero attached hydrogens (tertiary/aromatic N) is 4. The molecule has 0 unspecified atom stereocenters. The molecule has 0 aliphatic heterocycles. The van der Waals surface area contributed by atoms with Gasteiger partial charge in [0.2, 0.25) is 11.1 Å². The molecule has 2 N–H and O–H groups in total. The molecule has 0 aliphatic rings. The molecule has 0 bridgehead atoms. The second-order valence-electron chi connectivity index (χ2n) is 6.88. The smallest absolute Gasteiger partial charge is 0.257 e. The fourth-order valence-electron chi connectivity index (χ4n) is 2.60. The third kappa shape index (κ3) is 6.04. The highest BCUT2D eigenvalue weighted by Gasteiger charge is 2.15. The standard InChI is InChI=1S/C20H21ClN6O2S/c1-13(2)11-27-20(24-25-26-27)30-12-18(28)23-17-6-4-3-5-16(17)19(29)22-15-9-7-14(21)8-10-15/h3-10,13H,11-12H2,1-2H3,(H,22,29)(H,23,28). The van der Waals surface area contributed by atoms with Gasteiger partial charge in [0.15, 0.2) is 0 Å². The predicted octanol–water partition coefficient (Wildman–Crippen LogP) is 3.97. The molecule has 0 fully saturated rings. The van der Waals surface area contributed by atoms with Gasteiger partial charge in [0.1, 0.15) is 0 Å². The van der Waals surface area contributed by atoms with Gasteiger partial charge in [-0.05, 0) is 52.7 Å². The van der Waals surface area contributed by atoms with Crippen molar-refractivity contribution in [1.82, 2.24) is 20.2 Å². The summed E-state index contributed by atoms with van der Waals surface area (Å²) in [6.45, 7) is 4.80. The van der Waals surface area contributed by atoms with Crippen molar-refractivity contribution in [2.45, 2.75) is 25.5 Å². The van der Waals surface area contributed by atoms with Crippen LogP contribution < -0.4 is 10.6 Å². The van der Waals surface area contributed by atoms with Gasteiger partial charge in [0, 0.05) is 17.3 Å². The van der Waals surface area contributed by atoms with Crippen LogP contribution in [0.25, 0.3) is 0 Å². The zero-order chi connectivity index (χ0) is 21.5. The molecule has 0 radical (unpaired) electrons. The molecular formula is C20H21ClN6O2S. The first kappa shape index (κ1) is 21.8. The molecule has 10 heteroatoms. The van der Waals surface area contributed by atoms with E-state index >= 15 is 0 Å². The SMILES string of the molecule is CC(C)Cn1nnnc1SCC(=O)Nc1ccccc1C(=O)Nc1ccc(Cl)cc1. The van der Waals surface area contributed by atoms with Crippen molar-refractivity contribution >= 4 is 46.6 Å². The van der Waals surface area contributed by atoms with Gasteiger partial charge in [-0.3, -0.25) is 9.59 Å². The molecule has 156 valence electrons. The molecule has 3 aromatic rings. The van der Waals surface area contributed by atoms with Crippen LogP contribution in [-0.2, 0) is 11.3 Å². The fraction of sp³-hybridized carbons (Fsp3) is 0.250. The Morgan fingerprint density at radius 2 is 1.83 bits per heavy atom. The number of anilines is 2. The molecule has 1 aromatic heterocycles. The Morgan fingerprint density at radius 1 is 1.10 bits per heavy atom. The van der Waals surface area contributed by atoms with Crippen molar-refractivity contribution in [2.24, 2.45) is 5.92 Å². The lowest BCUT2D eigenvalue weighted by Gasteiger charge is -2.11. The van der Waals surface area contributed by atoms with Crippen LogP contribution in [0.15, 0.2) is 53.7 Å². The summed E-state index contributed by atoms with van der Waals surface area (Å²) in [7, 11) is 0. The maximum Gasteiger partial charge on any atom is 0.257 e. The second-order valence-corrected chi connectivity index (χ2v) is 8.26. The Balaban J connectivity index is 1.63. The van der Waals surface area contributed by atoms with Crippen LogP contribution in [-0.4, -0.2) is 37.8 Å². The van der Waals surface area contributed by atoms with E-state index in [0.29, 0.717) is 39.6 Å². The first-order valence-electron chi connectivity index (χ1n) is 9.27. The summed E-state index contributed by atoms with van der Waals surface area (Å²) in [4.78, 5) is 25.1. The molecule has 1 heterocycles. The Labute approximate surface area is 183 Å². The normalized spacial score (nSPS) is 10.8. The van der Waals surface area contributed by atoms with Crippen LogP contribution in [0.4, 0.5) is 11.4 Å². The zero-order valence-electron chi connectivity index (χ0n) is 16.5. The Bertz CT molecular complexity index is 1020. The van der Waals surface area contributed by atoms with Gasteiger partial charge in [0.25, 0.3) is 5.91 Å². The van der Waals surface area contributed by atoms with Crippen LogP contribution in [0.3, 0.4) is 0 Å². The molecule has 0 saturated carbocycles. The van der Waals surface area contributed by atoms with Gasteiger partial charge in [-0.15, -0.1) is 5.10 Å². The lowest BCUT2D eigenvalue weighted by molar-refractivity contribution is -0.113. The van der Waals surface area contributed by atoms with E-state index in [1.807, 2.05) is 0 Å². The summed E-state index contributed by atoms with van der Waals surface area (Å²) in [6, 6.07) is 13.6. The summed E-state index contributed by atoms with van der Waals surface area (Å²) in [6.07, 6.45) is 0. The van der Waals surface area contributed by atoms with Crippen molar-refractivity contribution in [3.63, 3.8) is 0 Å². The van der Waals surface area contributed by atoms with E-state index < -0.39 is 0 Å². The topological polar surface area (TPSA) is 102 Å². The minimum Gasteiger partial charge on any atom is -0.325 e. The number of tetrazole rings is 1. The Kier molecular flexibility index (Phi) is 7.42. The van der Waals surface area contributed by atoms with Crippen LogP contribution in [0.2, 0.25) is 5.02 Å². The predicted molar refractivity (Wildman–Crippen MR) is 118 cm³/mol. The molecule has 2 amide bonds. The highest BCUT2D eigenvalue weighted by molar-refractivity contribution is 7.99. The van der Waals surface area contributed by atoms with Crippen LogP contribution in [0, 0.1) is 5.92 Å². The van der Waals surface area contributed by atoms with Gasteiger partial charge in [-0.25, -0.2) is 4.68 Å². The first-order valence-corrected chi connectivity index (χ1v) is 10.6. The maximum absolute atomic E-state index is 12.7. The number of aromatic nitrogens is 4. The van der Waals surface area contributed by atoms with Crippen molar-refractivity contribution < 1.29 is 9.59 Å². The average molecular weight is 445 g/mol. The number of nitrogens with one attached hydrogen (secondary N) is 2. The van der Waals surface area contributed by atoms with E-state index in [-0.39, 0.29) is 17.6 Å². The average Bonchev–Trinajstić information content (AvgIpc) is 3.15. The van der Waals surface area contributed by atoms with E-state index in [9.17, 15) is 9.59 Å². The number of thioether (sulfide) groups is 1. The number of amides is 2. The number of halogens is 1. The fourth-order valence-corrected chi connectivity index (χ4v) is 3.41. The summed E-state index contributed by atoms with van der Waals surface area (Å²) < 4.78 is 1.68. The number of carbonyl (C=O) groups excluding carboxylic acids is 2. The summed E-state index contributed by atoms with van der Waals surface area (Å²) in [5, 5.41) is 18.3. The quantitative estimate of drug-likeness (QED) is 0.510. The minimum atomic E-state index is -0.332. The van der Waals surface area contributed by atoms with E-state index in [1.165, 1.54) is 11.8 Å². The highest BCUT2D eigenvalue weighted by atomic mass is 35.5. The third-order valence-corrected chi connectivity index (χ3v) is 5.13. The lowest BCUT2D eigenvalue weighted by Crippen LogP contribution is -2.19. The molecule has 0 atom stereocenters. The maximum atomic E-state index is 12.7.